The molecule has 6 nitrogen and oxygen atoms in total. The fourth-order valence-electron chi connectivity index (χ4n) is 3.28. The SMILES string of the molecule is COCC(C)Oc1cc(OCC2=CCC=CC=C2)cc(-c2cc3nccnc3[nH]2)c1. The fraction of sp³-hybridized carbons (Fsp3) is 0.250. The van der Waals surface area contributed by atoms with Gasteiger partial charge in [0.15, 0.2) is 5.65 Å². The monoisotopic (exact) mass is 403 g/mol. The number of nitrogens with zero attached hydrogens (tertiary/aromatic N) is 2. The summed E-state index contributed by atoms with van der Waals surface area (Å²) in [5.41, 5.74) is 4.55. The number of H-pyrrole nitrogens is 1. The highest BCUT2D eigenvalue weighted by molar-refractivity contribution is 5.80. The molecule has 1 aromatic carbocycles. The Kier molecular flexibility index (Phi) is 6.25. The van der Waals surface area contributed by atoms with Gasteiger partial charge in [0.05, 0.1) is 6.61 Å². The molecule has 0 aliphatic heterocycles. The van der Waals surface area contributed by atoms with Gasteiger partial charge in [-0.2, -0.15) is 0 Å². The molecule has 1 aliphatic rings. The lowest BCUT2D eigenvalue weighted by molar-refractivity contribution is 0.0919. The molecule has 154 valence electrons. The first-order valence-electron chi connectivity index (χ1n) is 9.97. The van der Waals surface area contributed by atoms with E-state index in [4.69, 9.17) is 14.2 Å². The van der Waals surface area contributed by atoms with E-state index in [1.54, 1.807) is 19.5 Å². The van der Waals surface area contributed by atoms with E-state index in [9.17, 15) is 0 Å². The number of aromatic nitrogens is 3. The van der Waals surface area contributed by atoms with E-state index in [2.05, 4.69) is 33.2 Å². The van der Waals surface area contributed by atoms with Crippen LogP contribution in [0.4, 0.5) is 0 Å². The van der Waals surface area contributed by atoms with Crippen LogP contribution < -0.4 is 9.47 Å². The Balaban J connectivity index is 1.62. The standard InChI is InChI=1S/C24H25N3O3/c1-17(15-28-2)30-21-12-19(22-14-23-24(27-22)26-10-9-25-23)11-20(13-21)29-16-18-7-5-3-4-6-8-18/h3-5,7-14,17H,6,15-16H2,1-2H3,(H,26,27). The van der Waals surface area contributed by atoms with Crippen LogP contribution in [0.2, 0.25) is 0 Å². The van der Waals surface area contributed by atoms with Gasteiger partial charge in [0, 0.05) is 36.8 Å². The molecule has 1 N–H and O–H groups in total. The molecule has 0 saturated heterocycles. The van der Waals surface area contributed by atoms with Gasteiger partial charge in [-0.25, -0.2) is 4.98 Å². The molecule has 0 bridgehead atoms. The predicted octanol–water partition coefficient (Wildman–Crippen LogP) is 4.86. The van der Waals surface area contributed by atoms with Crippen molar-refractivity contribution in [1.29, 1.82) is 0 Å². The van der Waals surface area contributed by atoms with Crippen molar-refractivity contribution in [1.82, 2.24) is 15.0 Å². The number of hydrogen-bond acceptors (Lipinski definition) is 5. The second-order valence-corrected chi connectivity index (χ2v) is 7.14. The number of rotatable bonds is 8. The van der Waals surface area contributed by atoms with Crippen LogP contribution in [-0.2, 0) is 4.74 Å². The van der Waals surface area contributed by atoms with Gasteiger partial charge in [0.2, 0.25) is 0 Å². The summed E-state index contributed by atoms with van der Waals surface area (Å²) < 4.78 is 17.4. The molecular formula is C24H25N3O3. The van der Waals surface area contributed by atoms with Crippen molar-refractivity contribution in [2.75, 3.05) is 20.3 Å². The number of fused-ring (bicyclic) bond motifs is 1. The lowest BCUT2D eigenvalue weighted by Crippen LogP contribution is -2.18. The summed E-state index contributed by atoms with van der Waals surface area (Å²) >= 11 is 0. The summed E-state index contributed by atoms with van der Waals surface area (Å²) in [6.45, 7) is 2.97. The molecule has 1 atom stereocenters. The van der Waals surface area contributed by atoms with Crippen LogP contribution in [0.15, 0.2) is 72.6 Å². The van der Waals surface area contributed by atoms with Crippen LogP contribution in [0.5, 0.6) is 11.5 Å². The second kappa shape index (κ2) is 9.41. The zero-order valence-electron chi connectivity index (χ0n) is 17.2. The van der Waals surface area contributed by atoms with Crippen LogP contribution >= 0.6 is 0 Å². The van der Waals surface area contributed by atoms with Gasteiger partial charge in [-0.05, 0) is 37.1 Å². The van der Waals surface area contributed by atoms with Crippen molar-refractivity contribution in [3.63, 3.8) is 0 Å². The summed E-state index contributed by atoms with van der Waals surface area (Å²) in [5, 5.41) is 0. The van der Waals surface area contributed by atoms with Gasteiger partial charge in [-0.1, -0.05) is 30.4 Å². The maximum absolute atomic E-state index is 6.12. The minimum absolute atomic E-state index is 0.0808. The number of benzene rings is 1. The average Bonchev–Trinajstić information content (AvgIpc) is 3.01. The van der Waals surface area contributed by atoms with E-state index >= 15 is 0 Å². The highest BCUT2D eigenvalue weighted by Crippen LogP contribution is 2.31. The molecule has 0 spiro atoms. The lowest BCUT2D eigenvalue weighted by Gasteiger charge is -2.16. The van der Waals surface area contributed by atoms with Crippen LogP contribution in [0, 0.1) is 0 Å². The molecule has 6 heteroatoms. The Labute approximate surface area is 175 Å². The van der Waals surface area contributed by atoms with Gasteiger partial charge >= 0.3 is 0 Å². The zero-order valence-corrected chi connectivity index (χ0v) is 17.2. The molecule has 0 radical (unpaired) electrons. The van der Waals surface area contributed by atoms with Crippen LogP contribution in [0.3, 0.4) is 0 Å². The van der Waals surface area contributed by atoms with E-state index in [0.717, 1.165) is 45.9 Å². The number of nitrogens with one attached hydrogen (secondary N) is 1. The Hall–Kier alpha value is -3.38. The normalized spacial score (nSPS) is 14.4. The minimum Gasteiger partial charge on any atom is -0.489 e. The first-order chi connectivity index (χ1) is 14.7. The van der Waals surface area contributed by atoms with Gasteiger partial charge in [0.25, 0.3) is 0 Å². The maximum atomic E-state index is 6.12. The molecule has 30 heavy (non-hydrogen) atoms. The number of hydrogen-bond donors (Lipinski definition) is 1. The number of aromatic amines is 1. The van der Waals surface area contributed by atoms with Crippen molar-refractivity contribution < 1.29 is 14.2 Å². The number of methoxy groups -OCH3 is 1. The smallest absolute Gasteiger partial charge is 0.156 e. The molecule has 1 unspecified atom stereocenters. The van der Waals surface area contributed by atoms with Crippen LogP contribution in [-0.4, -0.2) is 41.4 Å². The first-order valence-corrected chi connectivity index (χ1v) is 9.97. The third kappa shape index (κ3) is 4.96. The Morgan fingerprint density at radius 1 is 1.07 bits per heavy atom. The first kappa shape index (κ1) is 19.9. The van der Waals surface area contributed by atoms with E-state index in [1.165, 1.54) is 0 Å². The topological polar surface area (TPSA) is 69.3 Å². The van der Waals surface area contributed by atoms with Crippen molar-refractivity contribution in [3.05, 3.63) is 72.6 Å². The molecule has 2 heterocycles. The van der Waals surface area contributed by atoms with Crippen molar-refractivity contribution in [3.8, 4) is 22.8 Å². The second-order valence-electron chi connectivity index (χ2n) is 7.14. The Morgan fingerprint density at radius 2 is 1.93 bits per heavy atom. The lowest BCUT2D eigenvalue weighted by atomic mass is 10.1. The molecule has 4 rings (SSSR count). The molecule has 0 amide bonds. The highest BCUT2D eigenvalue weighted by atomic mass is 16.5. The third-order valence-corrected chi connectivity index (χ3v) is 4.67. The van der Waals surface area contributed by atoms with Gasteiger partial charge < -0.3 is 19.2 Å². The van der Waals surface area contributed by atoms with E-state index in [-0.39, 0.29) is 6.10 Å². The van der Waals surface area contributed by atoms with Crippen molar-refractivity contribution in [2.24, 2.45) is 0 Å². The molecule has 2 aromatic heterocycles. The summed E-state index contributed by atoms with van der Waals surface area (Å²) in [7, 11) is 1.66. The zero-order chi connectivity index (χ0) is 20.8. The average molecular weight is 403 g/mol. The summed E-state index contributed by atoms with van der Waals surface area (Å²) in [6.07, 6.45) is 14.6. The molecule has 0 saturated carbocycles. The molecule has 0 fully saturated rings. The van der Waals surface area contributed by atoms with E-state index in [1.807, 2.05) is 43.3 Å². The predicted molar refractivity (Wildman–Crippen MR) is 118 cm³/mol. The number of ether oxygens (including phenoxy) is 3. The van der Waals surface area contributed by atoms with Crippen molar-refractivity contribution >= 4 is 11.2 Å². The van der Waals surface area contributed by atoms with Gasteiger partial charge in [-0.3, -0.25) is 4.98 Å². The quantitative estimate of drug-likeness (QED) is 0.582. The minimum atomic E-state index is -0.0808. The Morgan fingerprint density at radius 3 is 2.80 bits per heavy atom. The summed E-state index contributed by atoms with van der Waals surface area (Å²) in [6, 6.07) is 7.87. The van der Waals surface area contributed by atoms with Crippen molar-refractivity contribution in [2.45, 2.75) is 19.4 Å². The van der Waals surface area contributed by atoms with E-state index in [0.29, 0.717) is 13.2 Å². The summed E-state index contributed by atoms with van der Waals surface area (Å²) in [5.74, 6) is 1.46. The van der Waals surface area contributed by atoms with E-state index < -0.39 is 0 Å². The van der Waals surface area contributed by atoms with Crippen LogP contribution in [0.25, 0.3) is 22.4 Å². The maximum Gasteiger partial charge on any atom is 0.156 e. The van der Waals surface area contributed by atoms with Gasteiger partial charge in [-0.15, -0.1) is 0 Å². The van der Waals surface area contributed by atoms with Gasteiger partial charge in [0.1, 0.15) is 29.7 Å². The molecular weight excluding hydrogens is 378 g/mol. The highest BCUT2D eigenvalue weighted by Gasteiger charge is 2.12. The molecule has 1 aliphatic carbocycles. The Bertz CT molecular complexity index is 1070. The molecule has 3 aromatic rings. The largest absolute Gasteiger partial charge is 0.489 e. The fourth-order valence-corrected chi connectivity index (χ4v) is 3.28. The summed E-state index contributed by atoms with van der Waals surface area (Å²) in [4.78, 5) is 12.0. The third-order valence-electron chi connectivity index (χ3n) is 4.67. The number of allylic oxidation sites excluding steroid dienone is 4. The van der Waals surface area contributed by atoms with Crippen LogP contribution in [0.1, 0.15) is 13.3 Å².